The third-order valence-corrected chi connectivity index (χ3v) is 12.3. The molecule has 1 aliphatic carbocycles. The number of amides is 3. The van der Waals surface area contributed by atoms with E-state index in [2.05, 4.69) is 48.4 Å². The minimum Gasteiger partial charge on any atom is -0.465 e. The average Bonchev–Trinajstić information content (AvgIpc) is 4.08. The highest BCUT2D eigenvalue weighted by Crippen LogP contribution is 2.40. The van der Waals surface area contributed by atoms with Crippen molar-refractivity contribution in [3.63, 3.8) is 0 Å². The van der Waals surface area contributed by atoms with E-state index >= 15 is 0 Å². The number of carbonyl (C=O) groups excluding carboxylic acids is 3. The number of imidazole rings is 2. The van der Waals surface area contributed by atoms with Gasteiger partial charge in [0.2, 0.25) is 5.91 Å². The lowest BCUT2D eigenvalue weighted by Gasteiger charge is -2.31. The third kappa shape index (κ3) is 7.28. The molecule has 2 aliphatic heterocycles. The van der Waals surface area contributed by atoms with E-state index < -0.39 is 30.2 Å². The highest BCUT2D eigenvalue weighted by molar-refractivity contribution is 5.89. The second-order valence-electron chi connectivity index (χ2n) is 16.4. The second-order valence-corrected chi connectivity index (χ2v) is 16.4. The molecule has 9 rings (SSSR count). The molecule has 0 bridgehead atoms. The van der Waals surface area contributed by atoms with Gasteiger partial charge < -0.3 is 39.9 Å². The number of aromatic nitrogens is 6. The Bertz CT molecular complexity index is 2610. The van der Waals surface area contributed by atoms with Crippen molar-refractivity contribution in [3.8, 4) is 33.8 Å². The quantitative estimate of drug-likeness (QED) is 0.103. The number of ether oxygens (including phenoxy) is 1. The molecule has 5 N–H and O–H groups in total. The number of fused-ring (bicyclic) bond motifs is 1. The van der Waals surface area contributed by atoms with E-state index in [4.69, 9.17) is 14.7 Å². The number of benzene rings is 2. The number of hydrogen-bond donors (Lipinski definition) is 5. The molecule has 0 saturated carbocycles. The van der Waals surface area contributed by atoms with Crippen molar-refractivity contribution >= 4 is 34.8 Å². The van der Waals surface area contributed by atoms with Gasteiger partial charge in [-0.1, -0.05) is 50.2 Å². The molecule has 308 valence electrons. The molecule has 15 heteroatoms. The van der Waals surface area contributed by atoms with Crippen molar-refractivity contribution in [1.29, 1.82) is 0 Å². The maximum Gasteiger partial charge on any atom is 0.407 e. The van der Waals surface area contributed by atoms with Gasteiger partial charge in [0.05, 0.1) is 54.1 Å². The molecule has 1 unspecified atom stereocenters. The molecule has 1 fully saturated rings. The van der Waals surface area contributed by atoms with E-state index in [1.54, 1.807) is 17.3 Å². The first-order valence-corrected chi connectivity index (χ1v) is 20.5. The SMILES string of the molecule is COC(=O)N[C@H](C(=O)N1CCC[C@H]1c1ncc(-c2ccc(-c3ccc4cc(-c5cnc([C@H]6CC(=O)C7c8c(ccn8C6)CC[C@@H]7NC(=O)O)[nH]5)ccc4n3)cc2)[nH]1)C(C)C. The van der Waals surface area contributed by atoms with Crippen LogP contribution in [-0.2, 0) is 27.3 Å². The van der Waals surface area contributed by atoms with Crippen LogP contribution in [-0.4, -0.2) is 89.1 Å². The van der Waals surface area contributed by atoms with Crippen molar-refractivity contribution in [2.45, 2.75) is 82.5 Å². The van der Waals surface area contributed by atoms with E-state index in [1.165, 1.54) is 7.11 Å². The number of ketones is 1. The summed E-state index contributed by atoms with van der Waals surface area (Å²) in [5.74, 6) is 0.527. The maximum atomic E-state index is 13.7. The van der Waals surface area contributed by atoms with E-state index in [0.717, 1.165) is 81.0 Å². The number of likely N-dealkylation sites (tertiary alicyclic amines) is 1. The van der Waals surface area contributed by atoms with E-state index in [0.29, 0.717) is 25.3 Å². The van der Waals surface area contributed by atoms with Crippen LogP contribution in [0, 0.1) is 5.92 Å². The first kappa shape index (κ1) is 38.7. The minimum absolute atomic E-state index is 0.0293. The Morgan fingerprint density at radius 2 is 1.65 bits per heavy atom. The summed E-state index contributed by atoms with van der Waals surface area (Å²) in [6, 6.07) is 19.0. The van der Waals surface area contributed by atoms with Gasteiger partial charge in [0.15, 0.2) is 0 Å². The molecule has 60 heavy (non-hydrogen) atoms. The van der Waals surface area contributed by atoms with Crippen LogP contribution in [0.5, 0.6) is 0 Å². The number of aryl methyl sites for hydroxylation is 1. The number of aromatic amines is 2. The zero-order valence-electron chi connectivity index (χ0n) is 33.6. The van der Waals surface area contributed by atoms with Crippen LogP contribution >= 0.6 is 0 Å². The average molecular weight is 810 g/mol. The maximum absolute atomic E-state index is 13.7. The summed E-state index contributed by atoms with van der Waals surface area (Å²) in [4.78, 5) is 73.9. The fraction of sp³-hybridized carbons (Fsp3) is 0.356. The summed E-state index contributed by atoms with van der Waals surface area (Å²) < 4.78 is 6.87. The lowest BCUT2D eigenvalue weighted by atomic mass is 9.79. The van der Waals surface area contributed by atoms with Crippen LogP contribution in [0.1, 0.15) is 80.3 Å². The number of Topliss-reactive ketones (excluding diaryl/α,β-unsaturated/α-hetero) is 1. The molecule has 0 spiro atoms. The van der Waals surface area contributed by atoms with E-state index in [-0.39, 0.29) is 36.0 Å². The Balaban J connectivity index is 0.881. The highest BCUT2D eigenvalue weighted by atomic mass is 16.5. The number of methoxy groups -OCH3 is 1. The molecule has 5 atom stereocenters. The fourth-order valence-corrected chi connectivity index (χ4v) is 9.30. The minimum atomic E-state index is -1.11. The van der Waals surface area contributed by atoms with Crippen LogP contribution in [0.3, 0.4) is 0 Å². The Hall–Kier alpha value is -6.77. The number of nitrogens with zero attached hydrogens (tertiary/aromatic N) is 5. The monoisotopic (exact) mass is 809 g/mol. The molecule has 6 heterocycles. The van der Waals surface area contributed by atoms with Crippen molar-refractivity contribution in [2.75, 3.05) is 13.7 Å². The first-order chi connectivity index (χ1) is 29.0. The van der Waals surface area contributed by atoms with Gasteiger partial charge >= 0.3 is 12.2 Å². The Kier molecular flexibility index (Phi) is 10.2. The highest BCUT2D eigenvalue weighted by Gasteiger charge is 2.42. The van der Waals surface area contributed by atoms with Gasteiger partial charge in [-0.3, -0.25) is 9.59 Å². The third-order valence-electron chi connectivity index (χ3n) is 12.3. The number of alkyl carbamates (subject to hydrolysis) is 1. The normalized spacial score (nSPS) is 20.5. The number of H-pyrrole nitrogens is 2. The number of carboxylic acid groups (broad SMARTS) is 1. The zero-order valence-corrected chi connectivity index (χ0v) is 33.6. The summed E-state index contributed by atoms with van der Waals surface area (Å²) >= 11 is 0. The molecule has 6 aromatic rings. The van der Waals surface area contributed by atoms with Crippen LogP contribution < -0.4 is 10.6 Å². The van der Waals surface area contributed by atoms with Gasteiger partial charge in [0.1, 0.15) is 23.5 Å². The summed E-state index contributed by atoms with van der Waals surface area (Å²) in [5, 5.41) is 15.7. The molecule has 15 nitrogen and oxygen atoms in total. The molecule has 2 aromatic carbocycles. The van der Waals surface area contributed by atoms with Crippen molar-refractivity contribution in [3.05, 3.63) is 102 Å². The van der Waals surface area contributed by atoms with Gasteiger partial charge in [0.25, 0.3) is 0 Å². The summed E-state index contributed by atoms with van der Waals surface area (Å²) in [5.41, 5.74) is 8.28. The van der Waals surface area contributed by atoms with Crippen LogP contribution in [0.15, 0.2) is 79.3 Å². The molecule has 1 saturated heterocycles. The number of pyridine rings is 1. The Morgan fingerprint density at radius 3 is 2.42 bits per heavy atom. The summed E-state index contributed by atoms with van der Waals surface area (Å²) in [7, 11) is 1.29. The van der Waals surface area contributed by atoms with Gasteiger partial charge in [0, 0.05) is 59.9 Å². The predicted octanol–water partition coefficient (Wildman–Crippen LogP) is 6.95. The van der Waals surface area contributed by atoms with E-state index in [1.807, 2.05) is 62.5 Å². The van der Waals surface area contributed by atoms with Crippen molar-refractivity contribution < 1.29 is 29.0 Å². The molecular formula is C45H47N9O6. The predicted molar refractivity (Wildman–Crippen MR) is 223 cm³/mol. The molecule has 0 radical (unpaired) electrons. The fourth-order valence-electron chi connectivity index (χ4n) is 9.30. The topological polar surface area (TPSA) is 200 Å². The van der Waals surface area contributed by atoms with Crippen LogP contribution in [0.4, 0.5) is 9.59 Å². The molecule has 3 aliphatic rings. The standard InChI is InChI=1S/C45H47N9O6/c1-24(2)39(52-45(59)60-3)43(56)54-17-4-5-36(54)42-47-21-34(50-42)26-8-6-25(7-9-26)31-13-11-28-19-29(12-14-32(28)48-31)35-22-46-41(49-35)30-20-37(55)38-33(51-44(57)58)15-10-27-16-18-53(23-30)40(27)38/h6-9,11-14,16,18-19,21-22,24,30,33,36,38-39,51H,4-5,10,15,17,20,23H2,1-3H3,(H,46,49)(H,47,50)(H,52,59)(H,57,58)/t30-,33-,36-,38?,39-/m0/s1. The van der Waals surface area contributed by atoms with Crippen molar-refractivity contribution in [2.24, 2.45) is 5.92 Å². The van der Waals surface area contributed by atoms with Crippen LogP contribution in [0.25, 0.3) is 44.7 Å². The van der Waals surface area contributed by atoms with Gasteiger partial charge in [-0.25, -0.2) is 24.5 Å². The van der Waals surface area contributed by atoms with Gasteiger partial charge in [-0.15, -0.1) is 0 Å². The van der Waals surface area contributed by atoms with Crippen LogP contribution in [0.2, 0.25) is 0 Å². The lowest BCUT2D eigenvalue weighted by molar-refractivity contribution is -0.135. The number of nitrogens with one attached hydrogen (secondary N) is 4. The Labute approximate surface area is 346 Å². The molecular weight excluding hydrogens is 763 g/mol. The zero-order chi connectivity index (χ0) is 41.7. The number of rotatable bonds is 9. The largest absolute Gasteiger partial charge is 0.465 e. The number of hydrogen-bond acceptors (Lipinski definition) is 8. The van der Waals surface area contributed by atoms with Gasteiger partial charge in [-0.2, -0.15) is 0 Å². The smallest absolute Gasteiger partial charge is 0.407 e. The van der Waals surface area contributed by atoms with Crippen molar-refractivity contribution in [1.82, 2.24) is 45.0 Å². The molecule has 4 aromatic heterocycles. The van der Waals surface area contributed by atoms with Gasteiger partial charge in [-0.05, 0) is 67.0 Å². The Morgan fingerprint density at radius 1 is 0.917 bits per heavy atom. The lowest BCUT2D eigenvalue weighted by Crippen LogP contribution is -2.51. The first-order valence-electron chi connectivity index (χ1n) is 20.5. The molecule has 3 amide bonds. The van der Waals surface area contributed by atoms with E-state index in [9.17, 15) is 24.3 Å². The summed E-state index contributed by atoms with van der Waals surface area (Å²) in [6.07, 6.45) is 7.09. The number of carbonyl (C=O) groups is 4. The summed E-state index contributed by atoms with van der Waals surface area (Å²) in [6.45, 7) is 4.96. The second kappa shape index (κ2) is 15.8.